The topological polar surface area (TPSA) is 34.4 Å². The first-order chi connectivity index (χ1) is 9.19. The van der Waals surface area contributed by atoms with Gasteiger partial charge in [-0.05, 0) is 43.7 Å². The second kappa shape index (κ2) is 7.11. The van der Waals surface area contributed by atoms with Gasteiger partial charge in [0.05, 0.1) is 12.4 Å². The van der Waals surface area contributed by atoms with Gasteiger partial charge < -0.3 is 14.5 Å². The van der Waals surface area contributed by atoms with Crippen molar-refractivity contribution in [2.75, 3.05) is 6.54 Å². The predicted octanol–water partition coefficient (Wildman–Crippen LogP) is 3.73. The summed E-state index contributed by atoms with van der Waals surface area (Å²) in [7, 11) is 0. The van der Waals surface area contributed by atoms with E-state index < -0.39 is 0 Å². The zero-order valence-electron chi connectivity index (χ0n) is 12.4. The van der Waals surface area contributed by atoms with E-state index in [0.29, 0.717) is 12.7 Å². The van der Waals surface area contributed by atoms with E-state index in [-0.39, 0.29) is 0 Å². The van der Waals surface area contributed by atoms with Gasteiger partial charge in [0.1, 0.15) is 12.4 Å². The Balaban J connectivity index is 1.83. The van der Waals surface area contributed by atoms with E-state index >= 15 is 0 Å². The molecule has 0 aliphatic heterocycles. The fraction of sp³-hybridized carbons (Fsp3) is 0.750. The first-order valence-electron chi connectivity index (χ1n) is 7.56. The van der Waals surface area contributed by atoms with Gasteiger partial charge in [0.2, 0.25) is 0 Å². The van der Waals surface area contributed by atoms with E-state index in [1.807, 2.05) is 6.07 Å². The van der Waals surface area contributed by atoms with Crippen LogP contribution in [0.25, 0.3) is 0 Å². The summed E-state index contributed by atoms with van der Waals surface area (Å²) in [6.45, 7) is 9.22. The lowest BCUT2D eigenvalue weighted by molar-refractivity contribution is -0.0160. The Morgan fingerprint density at radius 3 is 2.68 bits per heavy atom. The number of hydrogen-bond acceptors (Lipinski definition) is 3. The lowest BCUT2D eigenvalue weighted by Gasteiger charge is -2.31. The van der Waals surface area contributed by atoms with Gasteiger partial charge >= 0.3 is 0 Å². The normalized spacial score (nSPS) is 27.6. The van der Waals surface area contributed by atoms with Gasteiger partial charge in [-0.2, -0.15) is 0 Å². The number of furan rings is 1. The molecule has 0 amide bonds. The average molecular weight is 265 g/mol. The molecule has 1 fully saturated rings. The Morgan fingerprint density at radius 2 is 2.00 bits per heavy atom. The number of nitrogens with one attached hydrogen (secondary N) is 1. The first kappa shape index (κ1) is 14.6. The zero-order valence-corrected chi connectivity index (χ0v) is 12.4. The summed E-state index contributed by atoms with van der Waals surface area (Å²) < 4.78 is 11.6. The number of hydrogen-bond donors (Lipinski definition) is 1. The van der Waals surface area contributed by atoms with Crippen molar-refractivity contribution in [2.45, 2.75) is 59.3 Å². The molecule has 2 unspecified atom stereocenters. The van der Waals surface area contributed by atoms with Gasteiger partial charge in [-0.1, -0.05) is 20.8 Å². The van der Waals surface area contributed by atoms with Crippen LogP contribution in [0.15, 0.2) is 16.7 Å². The van der Waals surface area contributed by atoms with Gasteiger partial charge in [0, 0.05) is 12.1 Å². The van der Waals surface area contributed by atoms with Crippen LogP contribution < -0.4 is 5.32 Å². The maximum Gasteiger partial charge on any atom is 0.133 e. The molecule has 1 aliphatic rings. The van der Waals surface area contributed by atoms with E-state index in [2.05, 4.69) is 26.1 Å². The van der Waals surface area contributed by atoms with E-state index in [4.69, 9.17) is 9.15 Å². The minimum Gasteiger partial charge on any atom is -0.467 e. The highest BCUT2D eigenvalue weighted by Gasteiger charge is 2.24. The molecule has 0 saturated heterocycles. The Hall–Kier alpha value is -0.800. The molecule has 3 nitrogen and oxygen atoms in total. The molecular weight excluding hydrogens is 238 g/mol. The van der Waals surface area contributed by atoms with Crippen LogP contribution in [0.2, 0.25) is 0 Å². The highest BCUT2D eigenvalue weighted by molar-refractivity contribution is 5.16. The second-order valence-corrected chi connectivity index (χ2v) is 6.00. The van der Waals surface area contributed by atoms with Gasteiger partial charge in [0.25, 0.3) is 0 Å². The molecule has 3 heteroatoms. The molecule has 0 aromatic carbocycles. The van der Waals surface area contributed by atoms with Gasteiger partial charge in [-0.3, -0.25) is 0 Å². The molecule has 2 rings (SSSR count). The Labute approximate surface area is 116 Å². The van der Waals surface area contributed by atoms with Crippen molar-refractivity contribution in [3.63, 3.8) is 0 Å². The van der Waals surface area contributed by atoms with Crippen molar-refractivity contribution >= 4 is 0 Å². The third-order valence-corrected chi connectivity index (χ3v) is 3.99. The predicted molar refractivity (Wildman–Crippen MR) is 76.8 cm³/mol. The molecule has 108 valence electrons. The van der Waals surface area contributed by atoms with Crippen LogP contribution in [0.3, 0.4) is 0 Å². The monoisotopic (exact) mass is 265 g/mol. The van der Waals surface area contributed by atoms with Crippen molar-refractivity contribution in [1.29, 1.82) is 0 Å². The van der Waals surface area contributed by atoms with E-state index in [1.165, 1.54) is 24.8 Å². The van der Waals surface area contributed by atoms with Crippen LogP contribution >= 0.6 is 0 Å². The van der Waals surface area contributed by atoms with Crippen LogP contribution in [0.5, 0.6) is 0 Å². The molecule has 1 heterocycles. The lowest BCUT2D eigenvalue weighted by atomic mass is 9.82. The fourth-order valence-corrected chi connectivity index (χ4v) is 3.11. The van der Waals surface area contributed by atoms with Crippen LogP contribution in [0.1, 0.15) is 51.4 Å². The molecule has 1 aliphatic carbocycles. The molecule has 1 N–H and O–H groups in total. The average Bonchev–Trinajstić information content (AvgIpc) is 2.80. The smallest absolute Gasteiger partial charge is 0.133 e. The number of ether oxygens (including phenoxy) is 1. The van der Waals surface area contributed by atoms with E-state index in [0.717, 1.165) is 30.7 Å². The summed E-state index contributed by atoms with van der Waals surface area (Å²) in [5, 5.41) is 3.33. The summed E-state index contributed by atoms with van der Waals surface area (Å²) in [5.74, 6) is 2.55. The molecule has 1 aromatic rings. The van der Waals surface area contributed by atoms with Crippen LogP contribution in [0.4, 0.5) is 0 Å². The van der Waals surface area contributed by atoms with Gasteiger partial charge in [0.15, 0.2) is 0 Å². The van der Waals surface area contributed by atoms with Crippen LogP contribution in [-0.4, -0.2) is 12.6 Å². The quantitative estimate of drug-likeness (QED) is 0.851. The highest BCUT2D eigenvalue weighted by Crippen LogP contribution is 2.31. The van der Waals surface area contributed by atoms with E-state index in [9.17, 15) is 0 Å². The summed E-state index contributed by atoms with van der Waals surface area (Å²) >= 11 is 0. The van der Waals surface area contributed by atoms with Crippen molar-refractivity contribution in [3.8, 4) is 0 Å². The molecule has 0 spiro atoms. The molecule has 0 radical (unpaired) electrons. The summed E-state index contributed by atoms with van der Waals surface area (Å²) in [5.41, 5.74) is 1.22. The van der Waals surface area contributed by atoms with Crippen molar-refractivity contribution in [3.05, 3.63) is 23.7 Å². The minimum atomic E-state index is 0.399. The van der Waals surface area contributed by atoms with Crippen LogP contribution in [-0.2, 0) is 17.9 Å². The Bertz CT molecular complexity index is 365. The Morgan fingerprint density at radius 1 is 1.26 bits per heavy atom. The van der Waals surface area contributed by atoms with Gasteiger partial charge in [-0.25, -0.2) is 0 Å². The summed E-state index contributed by atoms with van der Waals surface area (Å²) in [4.78, 5) is 0. The lowest BCUT2D eigenvalue weighted by Crippen LogP contribution is -2.26. The van der Waals surface area contributed by atoms with Crippen molar-refractivity contribution in [1.82, 2.24) is 5.32 Å². The standard InChI is InChI=1S/C16H27NO2/c1-4-17-10-14-5-6-18-16(14)11-19-15-8-12(2)7-13(3)9-15/h5-6,12-13,15,17H,4,7-11H2,1-3H3. The number of rotatable bonds is 6. The maximum atomic E-state index is 6.07. The largest absolute Gasteiger partial charge is 0.467 e. The zero-order chi connectivity index (χ0) is 13.7. The minimum absolute atomic E-state index is 0.399. The first-order valence-corrected chi connectivity index (χ1v) is 7.56. The van der Waals surface area contributed by atoms with Crippen LogP contribution in [0, 0.1) is 11.8 Å². The molecule has 1 aromatic heterocycles. The maximum absolute atomic E-state index is 6.07. The summed E-state index contributed by atoms with van der Waals surface area (Å²) in [6, 6.07) is 2.04. The SMILES string of the molecule is CCNCc1ccoc1COC1CC(C)CC(C)C1. The van der Waals surface area contributed by atoms with Gasteiger partial charge in [-0.15, -0.1) is 0 Å². The third-order valence-electron chi connectivity index (χ3n) is 3.99. The fourth-order valence-electron chi connectivity index (χ4n) is 3.11. The molecule has 2 atom stereocenters. The van der Waals surface area contributed by atoms with E-state index in [1.54, 1.807) is 6.26 Å². The Kier molecular flexibility index (Phi) is 5.46. The molecular formula is C16H27NO2. The molecule has 0 bridgehead atoms. The van der Waals surface area contributed by atoms with Crippen molar-refractivity contribution < 1.29 is 9.15 Å². The molecule has 1 saturated carbocycles. The highest BCUT2D eigenvalue weighted by atomic mass is 16.5. The third kappa shape index (κ3) is 4.36. The summed E-state index contributed by atoms with van der Waals surface area (Å²) in [6.07, 6.45) is 5.88. The van der Waals surface area contributed by atoms with Crippen molar-refractivity contribution in [2.24, 2.45) is 11.8 Å². The molecule has 19 heavy (non-hydrogen) atoms. The second-order valence-electron chi connectivity index (χ2n) is 6.00.